The molecule has 1 saturated heterocycles. The molecule has 0 spiro atoms. The standard InChI is InChI=1S/C24H34N6S.HI/c1-3-25-23(28-19-24(11-12-24)31-21-9-5-4-6-10-21)27-18-20-8-7-13-26-22(20)30-16-14-29(2)15-17-30;/h4-10,13H,3,11-12,14-19H2,1-2H3,(H2,25,27,28);1H. The van der Waals surface area contributed by atoms with Gasteiger partial charge in [-0.2, -0.15) is 0 Å². The maximum atomic E-state index is 4.90. The van der Waals surface area contributed by atoms with Crippen molar-refractivity contribution in [2.24, 2.45) is 4.99 Å². The van der Waals surface area contributed by atoms with Crippen molar-refractivity contribution in [3.63, 3.8) is 0 Å². The smallest absolute Gasteiger partial charge is 0.191 e. The molecule has 1 saturated carbocycles. The van der Waals surface area contributed by atoms with Crippen LogP contribution in [0.4, 0.5) is 5.82 Å². The number of nitrogens with zero attached hydrogens (tertiary/aromatic N) is 4. The average Bonchev–Trinajstić information content (AvgIpc) is 3.56. The third-order valence-corrected chi connectivity index (χ3v) is 7.38. The fourth-order valence-electron chi connectivity index (χ4n) is 3.80. The summed E-state index contributed by atoms with van der Waals surface area (Å²) < 4.78 is 0.289. The second kappa shape index (κ2) is 12.1. The van der Waals surface area contributed by atoms with E-state index in [0.29, 0.717) is 6.54 Å². The third kappa shape index (κ3) is 6.99. The zero-order chi connectivity index (χ0) is 21.5. The minimum Gasteiger partial charge on any atom is -0.357 e. The second-order valence-corrected chi connectivity index (χ2v) is 9.96. The van der Waals surface area contributed by atoms with Gasteiger partial charge in [0.05, 0.1) is 6.54 Å². The molecule has 32 heavy (non-hydrogen) atoms. The predicted molar refractivity (Wildman–Crippen MR) is 146 cm³/mol. The van der Waals surface area contributed by atoms with Gasteiger partial charge >= 0.3 is 0 Å². The van der Waals surface area contributed by atoms with Crippen molar-refractivity contribution in [2.75, 3.05) is 51.2 Å². The summed E-state index contributed by atoms with van der Waals surface area (Å²) in [4.78, 5) is 15.7. The number of hydrogen-bond acceptors (Lipinski definition) is 5. The number of anilines is 1. The van der Waals surface area contributed by atoms with Crippen LogP contribution < -0.4 is 15.5 Å². The molecule has 1 aromatic heterocycles. The summed E-state index contributed by atoms with van der Waals surface area (Å²) in [5.41, 5.74) is 1.18. The van der Waals surface area contributed by atoms with Crippen molar-refractivity contribution < 1.29 is 0 Å². The van der Waals surface area contributed by atoms with Crippen LogP contribution in [-0.2, 0) is 6.54 Å². The summed E-state index contributed by atoms with van der Waals surface area (Å²) in [6, 6.07) is 14.9. The minimum atomic E-state index is 0. The first-order valence-corrected chi connectivity index (χ1v) is 12.1. The van der Waals surface area contributed by atoms with Gasteiger partial charge in [-0.3, -0.25) is 0 Å². The number of aromatic nitrogens is 1. The van der Waals surface area contributed by atoms with Gasteiger partial charge in [0.25, 0.3) is 0 Å². The maximum absolute atomic E-state index is 4.90. The fraction of sp³-hybridized carbons (Fsp3) is 0.500. The molecule has 174 valence electrons. The van der Waals surface area contributed by atoms with Crippen molar-refractivity contribution in [3.05, 3.63) is 54.2 Å². The third-order valence-electron chi connectivity index (χ3n) is 5.89. The molecule has 0 unspecified atom stereocenters. The van der Waals surface area contributed by atoms with Gasteiger partial charge in [0, 0.05) is 60.7 Å². The molecule has 2 aliphatic rings. The Morgan fingerprint density at radius 3 is 2.50 bits per heavy atom. The molecular weight excluding hydrogens is 531 g/mol. The highest BCUT2D eigenvalue weighted by Gasteiger charge is 2.43. The molecule has 2 fully saturated rings. The van der Waals surface area contributed by atoms with Gasteiger partial charge in [0.15, 0.2) is 5.96 Å². The summed E-state index contributed by atoms with van der Waals surface area (Å²) in [5, 5.41) is 7.01. The highest BCUT2D eigenvalue weighted by atomic mass is 127. The van der Waals surface area contributed by atoms with Gasteiger partial charge in [-0.1, -0.05) is 24.3 Å². The molecule has 4 rings (SSSR count). The molecule has 2 N–H and O–H groups in total. The molecule has 0 atom stereocenters. The maximum Gasteiger partial charge on any atom is 0.191 e. The number of pyridine rings is 1. The van der Waals surface area contributed by atoms with Gasteiger partial charge in [0.1, 0.15) is 5.82 Å². The fourth-order valence-corrected chi connectivity index (χ4v) is 5.04. The van der Waals surface area contributed by atoms with E-state index >= 15 is 0 Å². The lowest BCUT2D eigenvalue weighted by atomic mass is 10.2. The van der Waals surface area contributed by atoms with Gasteiger partial charge in [-0.15, -0.1) is 35.7 Å². The molecule has 0 amide bonds. The van der Waals surface area contributed by atoms with Crippen molar-refractivity contribution in [1.29, 1.82) is 0 Å². The molecule has 0 radical (unpaired) electrons. The van der Waals surface area contributed by atoms with Crippen LogP contribution in [0.1, 0.15) is 25.3 Å². The van der Waals surface area contributed by atoms with Crippen LogP contribution in [0.15, 0.2) is 58.5 Å². The zero-order valence-electron chi connectivity index (χ0n) is 19.1. The van der Waals surface area contributed by atoms with E-state index < -0.39 is 0 Å². The van der Waals surface area contributed by atoms with E-state index in [9.17, 15) is 0 Å². The molecule has 1 aliphatic heterocycles. The number of thioether (sulfide) groups is 1. The number of aliphatic imine (C=N–C) groups is 1. The predicted octanol–water partition coefficient (Wildman–Crippen LogP) is 3.83. The monoisotopic (exact) mass is 566 g/mol. The van der Waals surface area contributed by atoms with Crippen molar-refractivity contribution >= 4 is 47.5 Å². The number of piperazine rings is 1. The Hall–Kier alpha value is -1.52. The summed E-state index contributed by atoms with van der Waals surface area (Å²) in [7, 11) is 2.18. The SMILES string of the molecule is CCNC(=NCc1cccnc1N1CCN(C)CC1)NCC1(Sc2ccccc2)CC1.I. The van der Waals surface area contributed by atoms with E-state index in [1.807, 2.05) is 24.0 Å². The van der Waals surface area contributed by atoms with Gasteiger partial charge < -0.3 is 20.4 Å². The Kier molecular flexibility index (Phi) is 9.48. The van der Waals surface area contributed by atoms with E-state index in [1.165, 1.54) is 23.3 Å². The van der Waals surface area contributed by atoms with Crippen LogP contribution >= 0.6 is 35.7 Å². The van der Waals surface area contributed by atoms with Crippen LogP contribution in [0.25, 0.3) is 0 Å². The number of nitrogens with one attached hydrogen (secondary N) is 2. The second-order valence-electron chi connectivity index (χ2n) is 8.42. The summed E-state index contributed by atoms with van der Waals surface area (Å²) >= 11 is 1.99. The van der Waals surface area contributed by atoms with E-state index in [4.69, 9.17) is 4.99 Å². The van der Waals surface area contributed by atoms with Crippen LogP contribution in [0.2, 0.25) is 0 Å². The number of halogens is 1. The molecule has 1 aliphatic carbocycles. The Morgan fingerprint density at radius 1 is 1.06 bits per heavy atom. The van der Waals surface area contributed by atoms with Gasteiger partial charge in [0.2, 0.25) is 0 Å². The zero-order valence-corrected chi connectivity index (χ0v) is 22.2. The summed E-state index contributed by atoms with van der Waals surface area (Å²) in [5.74, 6) is 1.96. The molecule has 8 heteroatoms. The number of rotatable bonds is 8. The van der Waals surface area contributed by atoms with E-state index in [0.717, 1.165) is 51.0 Å². The molecule has 6 nitrogen and oxygen atoms in total. The topological polar surface area (TPSA) is 55.8 Å². The molecule has 1 aromatic carbocycles. The Labute approximate surface area is 213 Å². The quantitative estimate of drug-likeness (QED) is 0.288. The Balaban J connectivity index is 0.00000289. The normalized spacial score (nSPS) is 18.1. The summed E-state index contributed by atoms with van der Waals surface area (Å²) in [6.45, 7) is 8.70. The van der Waals surface area contributed by atoms with E-state index in [-0.39, 0.29) is 28.7 Å². The van der Waals surface area contributed by atoms with Crippen molar-refractivity contribution in [1.82, 2.24) is 20.5 Å². The van der Waals surface area contributed by atoms with E-state index in [2.05, 4.69) is 75.8 Å². The molecule has 2 aromatic rings. The molecule has 2 heterocycles. The van der Waals surface area contributed by atoms with Crippen LogP contribution in [-0.4, -0.2) is 66.9 Å². The number of likely N-dealkylation sites (N-methyl/N-ethyl adjacent to an activating group) is 1. The van der Waals surface area contributed by atoms with Crippen LogP contribution in [0.3, 0.4) is 0 Å². The molecule has 0 bridgehead atoms. The highest BCUT2D eigenvalue weighted by molar-refractivity contribution is 14.0. The van der Waals surface area contributed by atoms with E-state index in [1.54, 1.807) is 0 Å². The van der Waals surface area contributed by atoms with Crippen LogP contribution in [0, 0.1) is 0 Å². The number of guanidine groups is 1. The van der Waals surface area contributed by atoms with Crippen molar-refractivity contribution in [3.8, 4) is 0 Å². The summed E-state index contributed by atoms with van der Waals surface area (Å²) in [6.07, 6.45) is 4.38. The largest absolute Gasteiger partial charge is 0.357 e. The van der Waals surface area contributed by atoms with Gasteiger partial charge in [-0.05, 0) is 45.0 Å². The Morgan fingerprint density at radius 2 is 1.81 bits per heavy atom. The number of hydrogen-bond donors (Lipinski definition) is 2. The Bertz CT molecular complexity index is 866. The van der Waals surface area contributed by atoms with Crippen molar-refractivity contribution in [2.45, 2.75) is 36.0 Å². The first-order chi connectivity index (χ1) is 15.2. The minimum absolute atomic E-state index is 0. The highest BCUT2D eigenvalue weighted by Crippen LogP contribution is 2.51. The first-order valence-electron chi connectivity index (χ1n) is 11.3. The lowest BCUT2D eigenvalue weighted by molar-refractivity contribution is 0.312. The molecular formula is C24H35IN6S. The lowest BCUT2D eigenvalue weighted by Crippen LogP contribution is -2.45. The lowest BCUT2D eigenvalue weighted by Gasteiger charge is -2.34. The number of benzene rings is 1. The van der Waals surface area contributed by atoms with Crippen LogP contribution in [0.5, 0.6) is 0 Å². The first kappa shape index (κ1) is 25.1. The average molecular weight is 567 g/mol. The van der Waals surface area contributed by atoms with Gasteiger partial charge in [-0.25, -0.2) is 9.98 Å².